The SMILES string of the molecule is Nc1ncc(-c2ccn(C3CCNCC3)n2)cc1-c1nc2ccc(NS(=O)(=O)c3cc(Cl)ccc3Cl)cc2o1. The van der Waals surface area contributed by atoms with Crippen LogP contribution in [0.2, 0.25) is 10.0 Å². The number of halogens is 2. The fourth-order valence-electron chi connectivity index (χ4n) is 4.55. The second-order valence-electron chi connectivity index (χ2n) is 9.20. The van der Waals surface area contributed by atoms with Crippen molar-refractivity contribution in [3.63, 3.8) is 0 Å². The van der Waals surface area contributed by atoms with E-state index in [1.54, 1.807) is 18.3 Å². The number of aromatic nitrogens is 4. The molecule has 3 aromatic heterocycles. The largest absolute Gasteiger partial charge is 0.436 e. The average molecular weight is 584 g/mol. The highest BCUT2D eigenvalue weighted by Crippen LogP contribution is 2.33. The van der Waals surface area contributed by atoms with Gasteiger partial charge in [0.05, 0.1) is 28.0 Å². The van der Waals surface area contributed by atoms with Crippen LogP contribution in [0.4, 0.5) is 11.5 Å². The van der Waals surface area contributed by atoms with Gasteiger partial charge in [-0.15, -0.1) is 0 Å². The second kappa shape index (κ2) is 10.2. The lowest BCUT2D eigenvalue weighted by atomic mass is 10.1. The summed E-state index contributed by atoms with van der Waals surface area (Å²) in [5.41, 5.74) is 9.40. The normalized spacial score (nSPS) is 14.6. The number of nitrogens with one attached hydrogen (secondary N) is 2. The van der Waals surface area contributed by atoms with E-state index in [4.69, 9.17) is 38.5 Å². The molecular formula is C26H23Cl2N7O3S. The van der Waals surface area contributed by atoms with Crippen LogP contribution >= 0.6 is 23.2 Å². The zero-order valence-electron chi connectivity index (χ0n) is 20.4. The number of nitrogen functional groups attached to an aromatic ring is 1. The molecule has 0 amide bonds. The van der Waals surface area contributed by atoms with E-state index in [-0.39, 0.29) is 32.3 Å². The summed E-state index contributed by atoms with van der Waals surface area (Å²) in [5, 5.41) is 8.44. The Hall–Kier alpha value is -3.64. The number of hydrogen-bond acceptors (Lipinski definition) is 8. The number of nitrogens with two attached hydrogens (primary N) is 1. The highest BCUT2D eigenvalue weighted by atomic mass is 35.5. The minimum absolute atomic E-state index is 0.0540. The van der Waals surface area contributed by atoms with E-state index in [2.05, 4.69) is 20.0 Å². The van der Waals surface area contributed by atoms with Crippen molar-refractivity contribution in [3.05, 3.63) is 71.0 Å². The third kappa shape index (κ3) is 5.18. The third-order valence-corrected chi connectivity index (χ3v) is 8.66. The van der Waals surface area contributed by atoms with Gasteiger partial charge in [0.15, 0.2) is 5.58 Å². The fraction of sp³-hybridized carbons (Fsp3) is 0.192. The molecule has 0 atom stereocenters. The van der Waals surface area contributed by atoms with E-state index in [0.717, 1.165) is 37.2 Å². The Kier molecular flexibility index (Phi) is 6.67. The van der Waals surface area contributed by atoms with E-state index >= 15 is 0 Å². The summed E-state index contributed by atoms with van der Waals surface area (Å²) in [6.45, 7) is 1.95. The van der Waals surface area contributed by atoms with Gasteiger partial charge in [-0.05, 0) is 68.4 Å². The summed E-state index contributed by atoms with van der Waals surface area (Å²) in [7, 11) is -4.00. The maximum Gasteiger partial charge on any atom is 0.263 e. The number of nitrogens with zero attached hydrogens (tertiary/aromatic N) is 4. The van der Waals surface area contributed by atoms with Crippen LogP contribution < -0.4 is 15.8 Å². The van der Waals surface area contributed by atoms with Gasteiger partial charge >= 0.3 is 0 Å². The summed E-state index contributed by atoms with van der Waals surface area (Å²) >= 11 is 12.1. The number of hydrogen-bond donors (Lipinski definition) is 3. The van der Waals surface area contributed by atoms with Crippen molar-refractivity contribution >= 4 is 55.8 Å². The van der Waals surface area contributed by atoms with Gasteiger partial charge in [0.25, 0.3) is 10.0 Å². The van der Waals surface area contributed by atoms with Crippen molar-refractivity contribution in [2.24, 2.45) is 0 Å². The minimum atomic E-state index is -4.00. The number of benzene rings is 2. The zero-order valence-corrected chi connectivity index (χ0v) is 22.8. The van der Waals surface area contributed by atoms with Crippen LogP contribution in [0.1, 0.15) is 18.9 Å². The quantitative estimate of drug-likeness (QED) is 0.242. The Morgan fingerprint density at radius 1 is 1.08 bits per heavy atom. The first-order chi connectivity index (χ1) is 18.8. The number of sulfonamides is 1. The molecule has 0 saturated carbocycles. The molecule has 2 aromatic carbocycles. The fourth-order valence-corrected chi connectivity index (χ4v) is 6.36. The molecule has 0 bridgehead atoms. The van der Waals surface area contributed by atoms with Gasteiger partial charge in [-0.1, -0.05) is 23.2 Å². The smallest absolute Gasteiger partial charge is 0.263 e. The van der Waals surface area contributed by atoms with E-state index in [9.17, 15) is 8.42 Å². The zero-order chi connectivity index (χ0) is 27.1. The van der Waals surface area contributed by atoms with E-state index < -0.39 is 10.0 Å². The van der Waals surface area contributed by atoms with Crippen molar-refractivity contribution in [3.8, 4) is 22.7 Å². The van der Waals surface area contributed by atoms with E-state index in [1.165, 1.54) is 24.3 Å². The first-order valence-corrected chi connectivity index (χ1v) is 14.4. The summed E-state index contributed by atoms with van der Waals surface area (Å²) in [6.07, 6.45) is 5.71. The Morgan fingerprint density at radius 3 is 2.72 bits per heavy atom. The van der Waals surface area contributed by atoms with Crippen molar-refractivity contribution in [2.75, 3.05) is 23.5 Å². The molecule has 200 valence electrons. The van der Waals surface area contributed by atoms with Crippen molar-refractivity contribution < 1.29 is 12.8 Å². The molecular weight excluding hydrogens is 561 g/mol. The molecule has 4 N–H and O–H groups in total. The summed E-state index contributed by atoms with van der Waals surface area (Å²) in [5.74, 6) is 0.507. The number of pyridine rings is 1. The lowest BCUT2D eigenvalue weighted by molar-refractivity contribution is 0.343. The summed E-state index contributed by atoms with van der Waals surface area (Å²) < 4.78 is 36.3. The number of anilines is 2. The maximum absolute atomic E-state index is 12.9. The third-order valence-electron chi connectivity index (χ3n) is 6.56. The number of piperidine rings is 1. The van der Waals surface area contributed by atoms with Crippen LogP contribution in [0.25, 0.3) is 33.8 Å². The van der Waals surface area contributed by atoms with Crippen LogP contribution in [-0.4, -0.2) is 41.3 Å². The van der Waals surface area contributed by atoms with Gasteiger partial charge in [-0.3, -0.25) is 9.40 Å². The lowest BCUT2D eigenvalue weighted by Gasteiger charge is -2.22. The average Bonchev–Trinajstić information content (AvgIpc) is 3.58. The molecule has 39 heavy (non-hydrogen) atoms. The molecule has 1 aliphatic heterocycles. The van der Waals surface area contributed by atoms with E-state index in [0.29, 0.717) is 22.7 Å². The molecule has 5 aromatic rings. The number of oxazole rings is 1. The van der Waals surface area contributed by atoms with Crippen LogP contribution in [-0.2, 0) is 10.0 Å². The number of rotatable bonds is 6. The molecule has 10 nitrogen and oxygen atoms in total. The Labute approximate surface area is 234 Å². The van der Waals surface area contributed by atoms with Crippen molar-refractivity contribution in [1.82, 2.24) is 25.1 Å². The second-order valence-corrected chi connectivity index (χ2v) is 11.7. The van der Waals surface area contributed by atoms with Gasteiger partial charge in [-0.2, -0.15) is 5.10 Å². The van der Waals surface area contributed by atoms with Gasteiger partial charge in [0, 0.05) is 29.0 Å². The Bertz CT molecular complexity index is 1800. The van der Waals surface area contributed by atoms with Gasteiger partial charge in [0.2, 0.25) is 5.89 Å². The molecule has 0 radical (unpaired) electrons. The molecule has 0 spiro atoms. The standard InChI is InChI=1S/C26H23Cl2N7O3S/c27-16-1-3-20(28)24(12-16)39(36,37)34-17-2-4-22-23(13-17)38-26(32-22)19-11-15(14-31-25(19)29)21-7-10-35(33-21)18-5-8-30-9-6-18/h1-4,7,10-14,18,30,34H,5-6,8-9H2,(H2,29,31). The first kappa shape index (κ1) is 25.6. The molecule has 0 aliphatic carbocycles. The maximum atomic E-state index is 12.9. The van der Waals surface area contributed by atoms with Crippen LogP contribution in [0, 0.1) is 0 Å². The molecule has 4 heterocycles. The van der Waals surface area contributed by atoms with Gasteiger partial charge in [-0.25, -0.2) is 18.4 Å². The lowest BCUT2D eigenvalue weighted by Crippen LogP contribution is -2.29. The van der Waals surface area contributed by atoms with E-state index in [1.807, 2.05) is 23.0 Å². The summed E-state index contributed by atoms with van der Waals surface area (Å²) in [4.78, 5) is 8.75. The highest BCUT2D eigenvalue weighted by Gasteiger charge is 2.21. The molecule has 13 heteroatoms. The van der Waals surface area contributed by atoms with Crippen molar-refractivity contribution in [1.29, 1.82) is 0 Å². The molecule has 1 saturated heterocycles. The van der Waals surface area contributed by atoms with Crippen LogP contribution in [0.5, 0.6) is 0 Å². The molecule has 1 fully saturated rings. The highest BCUT2D eigenvalue weighted by molar-refractivity contribution is 7.92. The molecule has 0 unspecified atom stereocenters. The van der Waals surface area contributed by atoms with Gasteiger partial charge < -0.3 is 15.5 Å². The first-order valence-electron chi connectivity index (χ1n) is 12.2. The minimum Gasteiger partial charge on any atom is -0.436 e. The predicted octanol–water partition coefficient (Wildman–Crippen LogP) is 5.37. The monoisotopic (exact) mass is 583 g/mol. The molecule has 1 aliphatic rings. The van der Waals surface area contributed by atoms with Crippen LogP contribution in [0.15, 0.2) is 70.2 Å². The van der Waals surface area contributed by atoms with Gasteiger partial charge in [0.1, 0.15) is 16.2 Å². The number of fused-ring (bicyclic) bond motifs is 1. The molecule has 6 rings (SSSR count). The Balaban J connectivity index is 1.29. The summed E-state index contributed by atoms with van der Waals surface area (Å²) in [6, 6.07) is 13.1. The topological polar surface area (TPSA) is 141 Å². The van der Waals surface area contributed by atoms with Crippen molar-refractivity contribution in [2.45, 2.75) is 23.8 Å². The predicted molar refractivity (Wildman–Crippen MR) is 151 cm³/mol. The Morgan fingerprint density at radius 2 is 1.90 bits per heavy atom. The van der Waals surface area contributed by atoms with Crippen LogP contribution in [0.3, 0.4) is 0 Å².